The van der Waals surface area contributed by atoms with Crippen molar-refractivity contribution in [2.45, 2.75) is 75.3 Å². The van der Waals surface area contributed by atoms with Crippen molar-refractivity contribution in [1.29, 1.82) is 0 Å². The van der Waals surface area contributed by atoms with Crippen LogP contribution in [0.5, 0.6) is 0 Å². The standard InChI is InChI=1S/C18H26N4O4/c23-13-17(7-3-1-4-8-17)19-15(25)21(13)11-12-22-14(24)18(20-16(22)26)9-5-2-6-10-18/h1-12H2,(H,19,25)(H,20,26). The minimum absolute atomic E-state index is 0.0572. The summed E-state index contributed by atoms with van der Waals surface area (Å²) in [5, 5.41) is 5.71. The Morgan fingerprint density at radius 2 is 0.962 bits per heavy atom. The van der Waals surface area contributed by atoms with Gasteiger partial charge in [-0.2, -0.15) is 0 Å². The van der Waals surface area contributed by atoms with E-state index in [4.69, 9.17) is 0 Å². The highest BCUT2D eigenvalue weighted by molar-refractivity contribution is 6.08. The van der Waals surface area contributed by atoms with Crippen LogP contribution in [0.15, 0.2) is 0 Å². The van der Waals surface area contributed by atoms with Crippen LogP contribution < -0.4 is 10.6 Å². The third kappa shape index (κ3) is 2.57. The molecule has 0 radical (unpaired) electrons. The minimum Gasteiger partial charge on any atom is -0.323 e. The number of imide groups is 2. The number of nitrogens with zero attached hydrogens (tertiary/aromatic N) is 2. The van der Waals surface area contributed by atoms with Crippen LogP contribution in [0, 0.1) is 0 Å². The topological polar surface area (TPSA) is 98.8 Å². The summed E-state index contributed by atoms with van der Waals surface area (Å²) in [5.74, 6) is -0.414. The molecule has 0 atom stereocenters. The molecule has 0 aromatic carbocycles. The Morgan fingerprint density at radius 1 is 0.615 bits per heavy atom. The maximum absolute atomic E-state index is 12.8. The SMILES string of the molecule is O=C1NC2(CCCCC2)C(=O)N1CCN1C(=O)NC2(CCCCC2)C1=O. The van der Waals surface area contributed by atoms with E-state index in [0.717, 1.165) is 38.5 Å². The lowest BCUT2D eigenvalue weighted by Gasteiger charge is -2.31. The summed E-state index contributed by atoms with van der Waals surface area (Å²) < 4.78 is 0. The predicted octanol–water partition coefficient (Wildman–Crippen LogP) is 1.50. The van der Waals surface area contributed by atoms with Crippen molar-refractivity contribution in [2.75, 3.05) is 13.1 Å². The zero-order valence-electron chi connectivity index (χ0n) is 15.0. The maximum Gasteiger partial charge on any atom is 0.325 e. The average Bonchev–Trinajstić information content (AvgIpc) is 2.99. The molecule has 2 saturated heterocycles. The van der Waals surface area contributed by atoms with Gasteiger partial charge in [0.25, 0.3) is 11.8 Å². The highest BCUT2D eigenvalue weighted by atomic mass is 16.2. The number of amides is 6. The van der Waals surface area contributed by atoms with Crippen molar-refractivity contribution in [2.24, 2.45) is 0 Å². The second kappa shape index (κ2) is 6.25. The lowest BCUT2D eigenvalue weighted by atomic mass is 9.81. The number of rotatable bonds is 3. The molecule has 0 aromatic rings. The van der Waals surface area contributed by atoms with E-state index in [2.05, 4.69) is 10.6 Å². The Labute approximate surface area is 152 Å². The van der Waals surface area contributed by atoms with Crippen molar-refractivity contribution in [3.63, 3.8) is 0 Å². The first kappa shape index (κ1) is 17.3. The normalized spacial score (nSPS) is 27.4. The molecule has 2 heterocycles. The van der Waals surface area contributed by atoms with E-state index in [9.17, 15) is 19.2 Å². The Kier molecular flexibility index (Phi) is 4.16. The molecule has 8 heteroatoms. The molecule has 6 amide bonds. The lowest BCUT2D eigenvalue weighted by Crippen LogP contribution is -2.49. The molecule has 2 aliphatic heterocycles. The number of hydrogen-bond acceptors (Lipinski definition) is 4. The summed E-state index contributed by atoms with van der Waals surface area (Å²) in [6.07, 6.45) is 8.53. The van der Waals surface area contributed by atoms with E-state index < -0.39 is 23.1 Å². The third-order valence-corrected chi connectivity index (χ3v) is 6.45. The van der Waals surface area contributed by atoms with Crippen LogP contribution in [0.3, 0.4) is 0 Å². The molecular formula is C18H26N4O4. The number of nitrogens with one attached hydrogen (secondary N) is 2. The van der Waals surface area contributed by atoms with Gasteiger partial charge < -0.3 is 10.6 Å². The van der Waals surface area contributed by atoms with Gasteiger partial charge in [-0.25, -0.2) is 9.59 Å². The van der Waals surface area contributed by atoms with Crippen molar-refractivity contribution < 1.29 is 19.2 Å². The van der Waals surface area contributed by atoms with Gasteiger partial charge in [-0.3, -0.25) is 19.4 Å². The van der Waals surface area contributed by atoms with E-state index in [1.165, 1.54) is 9.80 Å². The van der Waals surface area contributed by atoms with Crippen LogP contribution in [-0.4, -0.2) is 57.8 Å². The van der Waals surface area contributed by atoms with E-state index in [1.807, 2.05) is 0 Å². The van der Waals surface area contributed by atoms with Gasteiger partial charge >= 0.3 is 12.1 Å². The van der Waals surface area contributed by atoms with E-state index >= 15 is 0 Å². The molecule has 0 aromatic heterocycles. The third-order valence-electron chi connectivity index (χ3n) is 6.45. The summed E-state index contributed by atoms with van der Waals surface area (Å²) >= 11 is 0. The second-order valence-corrected chi connectivity index (χ2v) is 8.06. The van der Waals surface area contributed by atoms with Gasteiger partial charge in [-0.15, -0.1) is 0 Å². The van der Waals surface area contributed by atoms with E-state index in [-0.39, 0.29) is 24.9 Å². The number of carbonyl (C=O) groups is 4. The highest BCUT2D eigenvalue weighted by Crippen LogP contribution is 2.35. The van der Waals surface area contributed by atoms with Gasteiger partial charge in [-0.05, 0) is 25.7 Å². The van der Waals surface area contributed by atoms with Crippen LogP contribution in [0.2, 0.25) is 0 Å². The Hall–Kier alpha value is -2.12. The first-order valence-electron chi connectivity index (χ1n) is 9.76. The summed E-state index contributed by atoms with van der Waals surface area (Å²) in [6.45, 7) is 0.114. The van der Waals surface area contributed by atoms with Gasteiger partial charge in [-0.1, -0.05) is 38.5 Å². The summed E-state index contributed by atoms with van der Waals surface area (Å²) in [5.41, 5.74) is -1.53. The fourth-order valence-electron chi connectivity index (χ4n) is 4.95. The fraction of sp³-hybridized carbons (Fsp3) is 0.778. The largest absolute Gasteiger partial charge is 0.325 e. The Morgan fingerprint density at radius 3 is 1.31 bits per heavy atom. The molecule has 8 nitrogen and oxygen atoms in total. The monoisotopic (exact) mass is 362 g/mol. The van der Waals surface area contributed by atoms with Gasteiger partial charge in [0.2, 0.25) is 0 Å². The second-order valence-electron chi connectivity index (χ2n) is 8.06. The van der Waals surface area contributed by atoms with Crippen LogP contribution >= 0.6 is 0 Å². The number of urea groups is 2. The highest BCUT2D eigenvalue weighted by Gasteiger charge is 2.53. The molecule has 2 aliphatic carbocycles. The lowest BCUT2D eigenvalue weighted by molar-refractivity contribution is -0.135. The molecule has 2 saturated carbocycles. The summed E-state index contributed by atoms with van der Waals surface area (Å²) in [4.78, 5) is 52.6. The van der Waals surface area contributed by atoms with Crippen LogP contribution in [0.4, 0.5) is 9.59 Å². The van der Waals surface area contributed by atoms with Crippen LogP contribution in [-0.2, 0) is 9.59 Å². The fourth-order valence-corrected chi connectivity index (χ4v) is 4.95. The molecule has 4 rings (SSSR count). The van der Waals surface area contributed by atoms with Crippen molar-refractivity contribution in [1.82, 2.24) is 20.4 Å². The molecule has 0 bridgehead atoms. The zero-order chi connectivity index (χ0) is 18.4. The quantitative estimate of drug-likeness (QED) is 0.743. The first-order chi connectivity index (χ1) is 12.5. The maximum atomic E-state index is 12.8. The molecule has 142 valence electrons. The Balaban J connectivity index is 1.42. The minimum atomic E-state index is -0.767. The zero-order valence-corrected chi connectivity index (χ0v) is 15.0. The molecule has 2 N–H and O–H groups in total. The summed E-state index contributed by atoms with van der Waals surface area (Å²) in [6, 6.07) is -0.812. The van der Waals surface area contributed by atoms with Crippen LogP contribution in [0.1, 0.15) is 64.2 Å². The number of carbonyl (C=O) groups excluding carboxylic acids is 4. The Bertz CT molecular complexity index is 594. The molecule has 4 fully saturated rings. The van der Waals surface area contributed by atoms with Gasteiger partial charge in [0, 0.05) is 13.1 Å². The van der Waals surface area contributed by atoms with Gasteiger partial charge in [0.1, 0.15) is 11.1 Å². The number of hydrogen-bond donors (Lipinski definition) is 2. The molecule has 26 heavy (non-hydrogen) atoms. The van der Waals surface area contributed by atoms with Gasteiger partial charge in [0.05, 0.1) is 0 Å². The van der Waals surface area contributed by atoms with Gasteiger partial charge in [0.15, 0.2) is 0 Å². The molecule has 2 spiro atoms. The molecular weight excluding hydrogens is 336 g/mol. The van der Waals surface area contributed by atoms with E-state index in [0.29, 0.717) is 25.7 Å². The van der Waals surface area contributed by atoms with Crippen molar-refractivity contribution >= 4 is 23.9 Å². The summed E-state index contributed by atoms with van der Waals surface area (Å²) in [7, 11) is 0. The smallest absolute Gasteiger partial charge is 0.323 e. The van der Waals surface area contributed by atoms with Crippen LogP contribution in [0.25, 0.3) is 0 Å². The first-order valence-corrected chi connectivity index (χ1v) is 9.76. The van der Waals surface area contributed by atoms with Crippen molar-refractivity contribution in [3.8, 4) is 0 Å². The molecule has 4 aliphatic rings. The molecule has 0 unspecified atom stereocenters. The van der Waals surface area contributed by atoms with Crippen molar-refractivity contribution in [3.05, 3.63) is 0 Å². The average molecular weight is 362 g/mol. The van der Waals surface area contributed by atoms with E-state index in [1.54, 1.807) is 0 Å². The predicted molar refractivity (Wildman–Crippen MR) is 92.1 cm³/mol.